The molecule has 100 valence electrons. The van der Waals surface area contributed by atoms with Gasteiger partial charge in [0.15, 0.2) is 0 Å². The predicted molar refractivity (Wildman–Crippen MR) is 87.1 cm³/mol. The van der Waals surface area contributed by atoms with Crippen molar-refractivity contribution in [1.29, 1.82) is 0 Å². The summed E-state index contributed by atoms with van der Waals surface area (Å²) in [4.78, 5) is 0. The number of rotatable bonds is 3. The van der Waals surface area contributed by atoms with Crippen LogP contribution in [0, 0.1) is 13.8 Å². The minimum Gasteiger partial charge on any atom is -0.378 e. The highest BCUT2D eigenvalue weighted by Gasteiger charge is 2.10. The molecule has 3 heteroatoms. The summed E-state index contributed by atoms with van der Waals surface area (Å²) in [6, 6.07) is 12.6. The van der Waals surface area contributed by atoms with Crippen molar-refractivity contribution in [1.82, 2.24) is 0 Å². The third-order valence-corrected chi connectivity index (χ3v) is 3.85. The van der Waals surface area contributed by atoms with E-state index in [4.69, 9.17) is 11.6 Å². The van der Waals surface area contributed by atoms with E-state index in [9.17, 15) is 0 Å². The molecule has 0 saturated carbocycles. The maximum Gasteiger partial charge on any atom is 0.0500 e. The van der Waals surface area contributed by atoms with E-state index in [1.165, 1.54) is 11.1 Å². The molecule has 1 nitrogen and oxygen atoms in total. The van der Waals surface area contributed by atoms with Crippen LogP contribution in [0.3, 0.4) is 0 Å². The van der Waals surface area contributed by atoms with E-state index in [0.29, 0.717) is 0 Å². The maximum absolute atomic E-state index is 6.28. The molecule has 0 aliphatic heterocycles. The van der Waals surface area contributed by atoms with Gasteiger partial charge in [0.2, 0.25) is 0 Å². The van der Waals surface area contributed by atoms with Crippen LogP contribution < -0.4 is 5.32 Å². The van der Waals surface area contributed by atoms with Crippen molar-refractivity contribution in [2.75, 3.05) is 5.32 Å². The lowest BCUT2D eigenvalue weighted by atomic mass is 10.1. The summed E-state index contributed by atoms with van der Waals surface area (Å²) in [5, 5.41) is 4.28. The summed E-state index contributed by atoms with van der Waals surface area (Å²) < 4.78 is 1.000. The third kappa shape index (κ3) is 3.74. The summed E-state index contributed by atoms with van der Waals surface area (Å²) in [6.07, 6.45) is 0. The second-order valence-electron chi connectivity index (χ2n) is 4.91. The number of nitrogens with one attached hydrogen (secondary N) is 1. The number of hydrogen-bond acceptors (Lipinski definition) is 1. The van der Waals surface area contributed by atoms with Gasteiger partial charge in [0.05, 0.1) is 0 Å². The van der Waals surface area contributed by atoms with Crippen LogP contribution in [0.1, 0.15) is 29.7 Å². The van der Waals surface area contributed by atoms with Gasteiger partial charge in [-0.25, -0.2) is 0 Å². The van der Waals surface area contributed by atoms with Crippen molar-refractivity contribution < 1.29 is 0 Å². The Kier molecular flexibility index (Phi) is 4.54. The van der Waals surface area contributed by atoms with Gasteiger partial charge in [-0.3, -0.25) is 0 Å². The molecule has 0 radical (unpaired) electrons. The van der Waals surface area contributed by atoms with E-state index in [1.54, 1.807) is 0 Å². The lowest BCUT2D eigenvalue weighted by Gasteiger charge is -2.18. The highest BCUT2D eigenvalue weighted by molar-refractivity contribution is 9.10. The largest absolute Gasteiger partial charge is 0.378 e. The Labute approximate surface area is 128 Å². The van der Waals surface area contributed by atoms with E-state index in [-0.39, 0.29) is 6.04 Å². The summed E-state index contributed by atoms with van der Waals surface area (Å²) in [5.74, 6) is 0. The molecule has 0 aliphatic carbocycles. The van der Waals surface area contributed by atoms with Crippen molar-refractivity contribution >= 4 is 33.2 Å². The molecule has 2 aromatic carbocycles. The molecule has 2 rings (SSSR count). The number of aryl methyl sites for hydroxylation is 2. The van der Waals surface area contributed by atoms with E-state index in [2.05, 4.69) is 60.2 Å². The fraction of sp³-hybridized carbons (Fsp3) is 0.250. The van der Waals surface area contributed by atoms with E-state index in [0.717, 1.165) is 20.7 Å². The van der Waals surface area contributed by atoms with E-state index in [1.807, 2.05) is 18.2 Å². The molecule has 0 saturated heterocycles. The van der Waals surface area contributed by atoms with Crippen LogP contribution in [0.5, 0.6) is 0 Å². The first kappa shape index (κ1) is 14.4. The number of hydrogen-bond donors (Lipinski definition) is 1. The molecule has 1 N–H and O–H groups in total. The van der Waals surface area contributed by atoms with E-state index >= 15 is 0 Å². The zero-order valence-electron chi connectivity index (χ0n) is 11.3. The van der Waals surface area contributed by atoms with Gasteiger partial charge >= 0.3 is 0 Å². The van der Waals surface area contributed by atoms with Gasteiger partial charge in [0.25, 0.3) is 0 Å². The quantitative estimate of drug-likeness (QED) is 0.735. The Morgan fingerprint density at radius 1 is 1.05 bits per heavy atom. The molecule has 0 bridgehead atoms. The SMILES string of the molecule is Cc1cc(C)cc(NC(C)c2ccc(Br)cc2Cl)c1. The van der Waals surface area contributed by atoms with Crippen LogP contribution in [0.15, 0.2) is 40.9 Å². The minimum atomic E-state index is 0.168. The van der Waals surface area contributed by atoms with E-state index < -0.39 is 0 Å². The maximum atomic E-state index is 6.28. The van der Waals surface area contributed by atoms with Crippen LogP contribution in [0.2, 0.25) is 5.02 Å². The van der Waals surface area contributed by atoms with Crippen LogP contribution in [-0.4, -0.2) is 0 Å². The number of halogens is 2. The summed E-state index contributed by atoms with van der Waals surface area (Å²) in [7, 11) is 0. The summed E-state index contributed by atoms with van der Waals surface area (Å²) >= 11 is 9.71. The molecule has 0 amide bonds. The monoisotopic (exact) mass is 337 g/mol. The van der Waals surface area contributed by atoms with Crippen molar-refractivity contribution in [2.24, 2.45) is 0 Å². The Balaban J connectivity index is 2.22. The molecule has 0 spiro atoms. The van der Waals surface area contributed by atoms with Gasteiger partial charge < -0.3 is 5.32 Å². The predicted octanol–water partition coefficient (Wildman–Crippen LogP) is 5.89. The first-order chi connectivity index (χ1) is 8.95. The lowest BCUT2D eigenvalue weighted by molar-refractivity contribution is 0.884. The number of benzene rings is 2. The van der Waals surface area contributed by atoms with Crippen LogP contribution in [0.4, 0.5) is 5.69 Å². The van der Waals surface area contributed by atoms with Crippen LogP contribution in [-0.2, 0) is 0 Å². The third-order valence-electron chi connectivity index (χ3n) is 3.03. The topological polar surface area (TPSA) is 12.0 Å². The zero-order chi connectivity index (χ0) is 14.0. The average molecular weight is 339 g/mol. The van der Waals surface area contributed by atoms with Crippen molar-refractivity contribution in [3.8, 4) is 0 Å². The van der Waals surface area contributed by atoms with Gasteiger partial charge in [-0.15, -0.1) is 0 Å². The van der Waals surface area contributed by atoms with Gasteiger partial charge in [-0.2, -0.15) is 0 Å². The Bertz CT molecular complexity index is 575. The van der Waals surface area contributed by atoms with Gasteiger partial charge in [-0.05, 0) is 61.7 Å². The standard InChI is InChI=1S/C16H17BrClN/c1-10-6-11(2)8-14(7-10)19-12(3)15-5-4-13(17)9-16(15)18/h4-9,12,19H,1-3H3. The number of anilines is 1. The molecule has 0 heterocycles. The molecule has 1 atom stereocenters. The molecule has 19 heavy (non-hydrogen) atoms. The first-order valence-corrected chi connectivity index (χ1v) is 7.42. The zero-order valence-corrected chi connectivity index (χ0v) is 13.6. The summed E-state index contributed by atoms with van der Waals surface area (Å²) in [6.45, 7) is 6.33. The molecule has 0 aromatic heterocycles. The van der Waals surface area contributed by atoms with Gasteiger partial charge in [0.1, 0.15) is 0 Å². The lowest BCUT2D eigenvalue weighted by Crippen LogP contribution is -2.07. The highest BCUT2D eigenvalue weighted by atomic mass is 79.9. The Hall–Kier alpha value is -0.990. The molecule has 2 aromatic rings. The highest BCUT2D eigenvalue weighted by Crippen LogP contribution is 2.29. The summed E-state index contributed by atoms with van der Waals surface area (Å²) in [5.41, 5.74) is 4.75. The fourth-order valence-corrected chi connectivity index (χ4v) is 3.08. The normalized spacial score (nSPS) is 12.3. The second-order valence-corrected chi connectivity index (χ2v) is 6.23. The fourth-order valence-electron chi connectivity index (χ4n) is 2.24. The van der Waals surface area contributed by atoms with Gasteiger partial charge in [0, 0.05) is 21.2 Å². The smallest absolute Gasteiger partial charge is 0.0500 e. The molecular formula is C16H17BrClN. The average Bonchev–Trinajstić information content (AvgIpc) is 2.26. The second kappa shape index (κ2) is 5.98. The Morgan fingerprint density at radius 2 is 1.68 bits per heavy atom. The van der Waals surface area contributed by atoms with Crippen LogP contribution >= 0.6 is 27.5 Å². The molecular weight excluding hydrogens is 322 g/mol. The molecule has 0 aliphatic rings. The molecule has 1 unspecified atom stereocenters. The first-order valence-electron chi connectivity index (χ1n) is 6.25. The van der Waals surface area contributed by atoms with Crippen LogP contribution in [0.25, 0.3) is 0 Å². The minimum absolute atomic E-state index is 0.168. The van der Waals surface area contributed by atoms with Crippen molar-refractivity contribution in [3.63, 3.8) is 0 Å². The Morgan fingerprint density at radius 3 is 2.26 bits per heavy atom. The van der Waals surface area contributed by atoms with Crippen molar-refractivity contribution in [2.45, 2.75) is 26.8 Å². The van der Waals surface area contributed by atoms with Gasteiger partial charge in [-0.1, -0.05) is 39.7 Å². The van der Waals surface area contributed by atoms with Crippen molar-refractivity contribution in [3.05, 3.63) is 62.6 Å². The molecule has 0 fully saturated rings.